The highest BCUT2D eigenvalue weighted by molar-refractivity contribution is 7.10. The van der Waals surface area contributed by atoms with E-state index in [4.69, 9.17) is 10.5 Å². The molecule has 0 saturated carbocycles. The van der Waals surface area contributed by atoms with E-state index in [1.54, 1.807) is 23.3 Å². The molecule has 0 fully saturated rings. The summed E-state index contributed by atoms with van der Waals surface area (Å²) in [7, 11) is 3.30. The fourth-order valence-electron chi connectivity index (χ4n) is 1.39. The van der Waals surface area contributed by atoms with Gasteiger partial charge in [-0.2, -0.15) is 0 Å². The maximum absolute atomic E-state index is 11.8. The Balaban J connectivity index is 2.55. The molecule has 4 nitrogen and oxygen atoms in total. The molecule has 1 amide bonds. The molecule has 0 radical (unpaired) electrons. The number of ether oxygens (including phenoxy) is 1. The molecule has 0 saturated heterocycles. The summed E-state index contributed by atoms with van der Waals surface area (Å²) in [5.41, 5.74) is 6.90. The summed E-state index contributed by atoms with van der Waals surface area (Å²) in [4.78, 5) is 14.6. The number of carbonyl (C=O) groups is 1. The standard InChI is InChI=1S/C11H18N2O2S/c1-8-4-5-16-10(8)6-13(2)11(14)9(12)7-15-3/h4-5,9H,6-7,12H2,1-3H3. The number of likely N-dealkylation sites (N-methyl/N-ethyl adjacent to an activating group) is 1. The maximum Gasteiger partial charge on any atom is 0.241 e. The third-order valence-corrected chi connectivity index (χ3v) is 3.40. The third kappa shape index (κ3) is 3.30. The first-order valence-electron chi connectivity index (χ1n) is 5.08. The van der Waals surface area contributed by atoms with Crippen molar-refractivity contribution in [2.24, 2.45) is 5.73 Å². The second-order valence-electron chi connectivity index (χ2n) is 3.78. The number of carbonyl (C=O) groups excluding carboxylic acids is 1. The van der Waals surface area contributed by atoms with Gasteiger partial charge in [0.1, 0.15) is 6.04 Å². The van der Waals surface area contributed by atoms with E-state index in [-0.39, 0.29) is 12.5 Å². The lowest BCUT2D eigenvalue weighted by molar-refractivity contribution is -0.132. The Morgan fingerprint density at radius 3 is 2.88 bits per heavy atom. The molecule has 0 spiro atoms. The first kappa shape index (κ1) is 13.2. The van der Waals surface area contributed by atoms with Crippen molar-refractivity contribution >= 4 is 17.2 Å². The number of aryl methyl sites for hydroxylation is 1. The highest BCUT2D eigenvalue weighted by atomic mass is 32.1. The summed E-state index contributed by atoms with van der Waals surface area (Å²) in [5, 5.41) is 2.03. The molecule has 0 bridgehead atoms. The lowest BCUT2D eigenvalue weighted by atomic mass is 10.2. The molecule has 2 N–H and O–H groups in total. The molecule has 16 heavy (non-hydrogen) atoms. The van der Waals surface area contributed by atoms with Gasteiger partial charge in [0, 0.05) is 19.0 Å². The van der Waals surface area contributed by atoms with Crippen molar-refractivity contribution in [3.63, 3.8) is 0 Å². The molecule has 5 heteroatoms. The van der Waals surface area contributed by atoms with E-state index >= 15 is 0 Å². The van der Waals surface area contributed by atoms with Gasteiger partial charge in [-0.05, 0) is 23.9 Å². The summed E-state index contributed by atoms with van der Waals surface area (Å²) >= 11 is 1.65. The summed E-state index contributed by atoms with van der Waals surface area (Å²) in [6.07, 6.45) is 0. The van der Waals surface area contributed by atoms with Crippen LogP contribution in [0.25, 0.3) is 0 Å². The molecular formula is C11H18N2O2S. The summed E-state index contributed by atoms with van der Waals surface area (Å²) in [6, 6.07) is 1.48. The van der Waals surface area contributed by atoms with Crippen LogP contribution in [0.15, 0.2) is 11.4 Å². The molecule has 1 aromatic rings. The molecule has 1 heterocycles. The molecule has 1 unspecified atom stereocenters. The molecular weight excluding hydrogens is 224 g/mol. The molecule has 0 aliphatic rings. The van der Waals surface area contributed by atoms with Gasteiger partial charge in [-0.25, -0.2) is 0 Å². The van der Waals surface area contributed by atoms with Gasteiger partial charge in [0.05, 0.1) is 13.2 Å². The summed E-state index contributed by atoms with van der Waals surface area (Å²) in [6.45, 7) is 2.91. The van der Waals surface area contributed by atoms with Gasteiger partial charge in [0.25, 0.3) is 0 Å². The van der Waals surface area contributed by atoms with Crippen molar-refractivity contribution in [2.75, 3.05) is 20.8 Å². The lowest BCUT2D eigenvalue weighted by Crippen LogP contribution is -2.44. The molecule has 1 aromatic heterocycles. The quantitative estimate of drug-likeness (QED) is 0.837. The van der Waals surface area contributed by atoms with Crippen molar-refractivity contribution in [3.8, 4) is 0 Å². The van der Waals surface area contributed by atoms with Crippen LogP contribution in [0.3, 0.4) is 0 Å². The van der Waals surface area contributed by atoms with Crippen LogP contribution in [0, 0.1) is 6.92 Å². The van der Waals surface area contributed by atoms with Crippen LogP contribution in [0.2, 0.25) is 0 Å². The van der Waals surface area contributed by atoms with Gasteiger partial charge in [0.2, 0.25) is 5.91 Å². The third-order valence-electron chi connectivity index (χ3n) is 2.39. The minimum Gasteiger partial charge on any atom is -0.383 e. The van der Waals surface area contributed by atoms with Crippen molar-refractivity contribution in [1.29, 1.82) is 0 Å². The fraction of sp³-hybridized carbons (Fsp3) is 0.545. The Hall–Kier alpha value is -0.910. The predicted molar refractivity (Wildman–Crippen MR) is 65.4 cm³/mol. The molecule has 0 aromatic carbocycles. The van der Waals surface area contributed by atoms with Gasteiger partial charge in [-0.15, -0.1) is 11.3 Å². The number of hydrogen-bond donors (Lipinski definition) is 1. The minimum absolute atomic E-state index is 0.0883. The number of nitrogens with zero attached hydrogens (tertiary/aromatic N) is 1. The van der Waals surface area contributed by atoms with E-state index in [0.717, 1.165) is 0 Å². The molecule has 0 aliphatic carbocycles. The topological polar surface area (TPSA) is 55.6 Å². The van der Waals surface area contributed by atoms with Gasteiger partial charge in [0.15, 0.2) is 0 Å². The van der Waals surface area contributed by atoms with Gasteiger partial charge >= 0.3 is 0 Å². The van der Waals surface area contributed by atoms with Crippen molar-refractivity contribution in [2.45, 2.75) is 19.5 Å². The van der Waals surface area contributed by atoms with Crippen LogP contribution in [0.1, 0.15) is 10.4 Å². The predicted octanol–water partition coefficient (Wildman–Crippen LogP) is 0.989. The Kier molecular flexibility index (Phi) is 4.92. The normalized spacial score (nSPS) is 12.5. The van der Waals surface area contributed by atoms with E-state index in [9.17, 15) is 4.79 Å². The second kappa shape index (κ2) is 5.98. The Morgan fingerprint density at radius 2 is 2.38 bits per heavy atom. The van der Waals surface area contributed by atoms with Crippen LogP contribution in [-0.2, 0) is 16.1 Å². The van der Waals surface area contributed by atoms with Crippen LogP contribution in [0.4, 0.5) is 0 Å². The maximum atomic E-state index is 11.8. The Labute approximate surface area is 100 Å². The highest BCUT2D eigenvalue weighted by Crippen LogP contribution is 2.17. The average molecular weight is 242 g/mol. The molecule has 90 valence electrons. The zero-order valence-electron chi connectivity index (χ0n) is 9.90. The smallest absolute Gasteiger partial charge is 0.241 e. The number of amides is 1. The van der Waals surface area contributed by atoms with E-state index in [0.29, 0.717) is 6.54 Å². The van der Waals surface area contributed by atoms with Gasteiger partial charge in [-0.1, -0.05) is 0 Å². The SMILES string of the molecule is COCC(N)C(=O)N(C)Cc1sccc1C. The Bertz CT molecular complexity index is 352. The number of nitrogens with two attached hydrogens (primary N) is 1. The van der Waals surface area contributed by atoms with Crippen molar-refractivity contribution in [3.05, 3.63) is 21.9 Å². The zero-order chi connectivity index (χ0) is 12.1. The second-order valence-corrected chi connectivity index (χ2v) is 4.78. The summed E-state index contributed by atoms with van der Waals surface area (Å²) < 4.78 is 4.86. The number of rotatable bonds is 5. The summed E-state index contributed by atoms with van der Waals surface area (Å²) in [5.74, 6) is -0.0883. The fourth-order valence-corrected chi connectivity index (χ4v) is 2.35. The lowest BCUT2D eigenvalue weighted by Gasteiger charge is -2.20. The van der Waals surface area contributed by atoms with E-state index in [1.165, 1.54) is 17.6 Å². The van der Waals surface area contributed by atoms with Crippen LogP contribution >= 0.6 is 11.3 Å². The van der Waals surface area contributed by atoms with Crippen molar-refractivity contribution < 1.29 is 9.53 Å². The zero-order valence-corrected chi connectivity index (χ0v) is 10.7. The van der Waals surface area contributed by atoms with E-state index in [1.807, 2.05) is 18.4 Å². The largest absolute Gasteiger partial charge is 0.383 e. The molecule has 0 aliphatic heterocycles. The number of hydrogen-bond acceptors (Lipinski definition) is 4. The van der Waals surface area contributed by atoms with Crippen LogP contribution in [-0.4, -0.2) is 37.6 Å². The first-order valence-corrected chi connectivity index (χ1v) is 5.96. The van der Waals surface area contributed by atoms with Crippen LogP contribution < -0.4 is 5.73 Å². The average Bonchev–Trinajstić information content (AvgIpc) is 2.63. The van der Waals surface area contributed by atoms with Gasteiger partial charge in [-0.3, -0.25) is 4.79 Å². The number of thiophene rings is 1. The van der Waals surface area contributed by atoms with E-state index < -0.39 is 6.04 Å². The highest BCUT2D eigenvalue weighted by Gasteiger charge is 2.18. The van der Waals surface area contributed by atoms with Gasteiger partial charge < -0.3 is 15.4 Å². The van der Waals surface area contributed by atoms with Crippen LogP contribution in [0.5, 0.6) is 0 Å². The molecule has 1 atom stereocenters. The minimum atomic E-state index is -0.574. The Morgan fingerprint density at radius 1 is 1.69 bits per heavy atom. The number of methoxy groups -OCH3 is 1. The van der Waals surface area contributed by atoms with E-state index in [2.05, 4.69) is 0 Å². The first-order chi connectivity index (χ1) is 7.56. The monoisotopic (exact) mass is 242 g/mol. The molecule has 1 rings (SSSR count). The van der Waals surface area contributed by atoms with Crippen molar-refractivity contribution in [1.82, 2.24) is 4.90 Å².